The predicted octanol–water partition coefficient (Wildman–Crippen LogP) is 2.63. The van der Waals surface area contributed by atoms with E-state index in [1.807, 2.05) is 13.8 Å². The third kappa shape index (κ3) is 4.38. The third-order valence-electron chi connectivity index (χ3n) is 3.66. The Bertz CT molecular complexity index is 712. The molecular formula is C18H20FN3O2. The Hall–Kier alpha value is -2.76. The van der Waals surface area contributed by atoms with Gasteiger partial charge in [-0.25, -0.2) is 4.39 Å². The van der Waals surface area contributed by atoms with Crippen molar-refractivity contribution in [1.29, 1.82) is 0 Å². The molecule has 1 aromatic carbocycles. The van der Waals surface area contributed by atoms with Crippen LogP contribution in [0, 0.1) is 5.82 Å². The number of nitrogens with zero attached hydrogens (tertiary/aromatic N) is 2. The first-order valence-electron chi connectivity index (χ1n) is 7.82. The minimum atomic E-state index is -0.332. The van der Waals surface area contributed by atoms with Gasteiger partial charge in [0.25, 0.3) is 11.8 Å². The van der Waals surface area contributed by atoms with Crippen molar-refractivity contribution in [2.75, 3.05) is 13.1 Å². The molecule has 0 fully saturated rings. The van der Waals surface area contributed by atoms with E-state index in [2.05, 4.69) is 10.3 Å². The smallest absolute Gasteiger partial charge is 0.255 e. The molecule has 126 valence electrons. The number of halogens is 1. The van der Waals surface area contributed by atoms with E-state index in [4.69, 9.17) is 0 Å². The molecule has 1 heterocycles. The summed E-state index contributed by atoms with van der Waals surface area (Å²) >= 11 is 0. The van der Waals surface area contributed by atoms with Gasteiger partial charge in [0.05, 0.1) is 11.1 Å². The van der Waals surface area contributed by atoms with Crippen LogP contribution in [-0.4, -0.2) is 34.8 Å². The second-order valence-electron chi connectivity index (χ2n) is 5.25. The third-order valence-corrected chi connectivity index (χ3v) is 3.66. The van der Waals surface area contributed by atoms with Gasteiger partial charge in [0.15, 0.2) is 0 Å². The molecule has 5 nitrogen and oxygen atoms in total. The molecule has 2 rings (SSSR count). The number of aromatic nitrogens is 1. The van der Waals surface area contributed by atoms with Crippen molar-refractivity contribution >= 4 is 11.8 Å². The Labute approximate surface area is 140 Å². The van der Waals surface area contributed by atoms with E-state index in [0.29, 0.717) is 24.2 Å². The van der Waals surface area contributed by atoms with Gasteiger partial charge in [-0.05, 0) is 37.6 Å². The lowest BCUT2D eigenvalue weighted by atomic mass is 10.1. The first kappa shape index (κ1) is 17.6. The number of amides is 2. The first-order valence-corrected chi connectivity index (χ1v) is 7.82. The van der Waals surface area contributed by atoms with Gasteiger partial charge in [0.1, 0.15) is 5.82 Å². The molecule has 24 heavy (non-hydrogen) atoms. The summed E-state index contributed by atoms with van der Waals surface area (Å²) < 4.78 is 12.9. The summed E-state index contributed by atoms with van der Waals surface area (Å²) in [6.45, 7) is 5.25. The van der Waals surface area contributed by atoms with Gasteiger partial charge >= 0.3 is 0 Å². The fourth-order valence-electron chi connectivity index (χ4n) is 2.26. The topological polar surface area (TPSA) is 62.3 Å². The van der Waals surface area contributed by atoms with Crippen LogP contribution in [0.3, 0.4) is 0 Å². The maximum Gasteiger partial charge on any atom is 0.255 e. The highest BCUT2D eigenvalue weighted by Crippen LogP contribution is 2.08. The molecule has 2 aromatic rings. The van der Waals surface area contributed by atoms with E-state index in [1.54, 1.807) is 17.0 Å². The largest absolute Gasteiger partial charge is 0.348 e. The Balaban J connectivity index is 2.05. The van der Waals surface area contributed by atoms with Crippen LogP contribution >= 0.6 is 0 Å². The van der Waals surface area contributed by atoms with E-state index in [9.17, 15) is 14.0 Å². The zero-order chi connectivity index (χ0) is 17.5. The molecule has 0 saturated carbocycles. The Morgan fingerprint density at radius 1 is 1.08 bits per heavy atom. The van der Waals surface area contributed by atoms with Crippen molar-refractivity contribution in [1.82, 2.24) is 15.2 Å². The van der Waals surface area contributed by atoms with E-state index >= 15 is 0 Å². The molecule has 0 aliphatic rings. The minimum absolute atomic E-state index is 0.152. The maximum absolute atomic E-state index is 12.9. The average Bonchev–Trinajstić information content (AvgIpc) is 2.62. The lowest BCUT2D eigenvalue weighted by Gasteiger charge is -2.18. The van der Waals surface area contributed by atoms with E-state index in [-0.39, 0.29) is 24.2 Å². The number of pyridine rings is 1. The van der Waals surface area contributed by atoms with Crippen molar-refractivity contribution in [2.24, 2.45) is 0 Å². The molecule has 0 bridgehead atoms. The van der Waals surface area contributed by atoms with Crippen LogP contribution < -0.4 is 5.32 Å². The molecule has 0 saturated heterocycles. The van der Waals surface area contributed by atoms with Crippen molar-refractivity contribution in [2.45, 2.75) is 20.4 Å². The summed E-state index contributed by atoms with van der Waals surface area (Å²) in [5.41, 5.74) is 1.48. The lowest BCUT2D eigenvalue weighted by molar-refractivity contribution is 0.0772. The van der Waals surface area contributed by atoms with Crippen LogP contribution in [0.15, 0.2) is 42.7 Å². The molecule has 0 radical (unpaired) electrons. The highest BCUT2D eigenvalue weighted by Gasteiger charge is 2.15. The molecule has 1 N–H and O–H groups in total. The van der Waals surface area contributed by atoms with Gasteiger partial charge in [0.2, 0.25) is 0 Å². The predicted molar refractivity (Wildman–Crippen MR) is 89.1 cm³/mol. The molecular weight excluding hydrogens is 309 g/mol. The number of nitrogens with one attached hydrogen (secondary N) is 1. The Morgan fingerprint density at radius 3 is 2.33 bits per heavy atom. The van der Waals surface area contributed by atoms with Gasteiger partial charge < -0.3 is 10.2 Å². The zero-order valence-electron chi connectivity index (χ0n) is 13.8. The molecule has 1 aromatic heterocycles. The van der Waals surface area contributed by atoms with Crippen molar-refractivity contribution in [3.05, 3.63) is 65.2 Å². The fraction of sp³-hybridized carbons (Fsp3) is 0.278. The van der Waals surface area contributed by atoms with Crippen LogP contribution in [0.1, 0.15) is 40.1 Å². The maximum atomic E-state index is 12.9. The van der Waals surface area contributed by atoms with Gasteiger partial charge in [-0.1, -0.05) is 12.1 Å². The first-order chi connectivity index (χ1) is 11.5. The van der Waals surface area contributed by atoms with Crippen LogP contribution in [0.4, 0.5) is 4.39 Å². The highest BCUT2D eigenvalue weighted by molar-refractivity contribution is 5.99. The van der Waals surface area contributed by atoms with Gasteiger partial charge in [-0.3, -0.25) is 14.6 Å². The summed E-state index contributed by atoms with van der Waals surface area (Å²) in [7, 11) is 0. The minimum Gasteiger partial charge on any atom is -0.348 e. The van der Waals surface area contributed by atoms with Crippen molar-refractivity contribution < 1.29 is 14.0 Å². The SMILES string of the molecule is CCN(CC)C(=O)c1cncc(C(=O)NCc2ccc(F)cc2)c1. The normalized spacial score (nSPS) is 10.3. The van der Waals surface area contributed by atoms with Crippen LogP contribution in [0.5, 0.6) is 0 Å². The van der Waals surface area contributed by atoms with Gasteiger partial charge in [-0.15, -0.1) is 0 Å². The standard InChI is InChI=1S/C18H20FN3O2/c1-3-22(4-2)18(24)15-9-14(11-20-12-15)17(23)21-10-13-5-7-16(19)8-6-13/h5-9,11-12H,3-4,10H2,1-2H3,(H,21,23). The average molecular weight is 329 g/mol. The summed E-state index contributed by atoms with van der Waals surface area (Å²) in [5.74, 6) is -0.807. The van der Waals surface area contributed by atoms with Crippen LogP contribution in [0.25, 0.3) is 0 Å². The summed E-state index contributed by atoms with van der Waals surface area (Å²) in [6, 6.07) is 7.43. The van der Waals surface area contributed by atoms with Gasteiger partial charge in [-0.2, -0.15) is 0 Å². The second-order valence-corrected chi connectivity index (χ2v) is 5.25. The number of hydrogen-bond donors (Lipinski definition) is 1. The monoisotopic (exact) mass is 329 g/mol. The number of carbonyl (C=O) groups is 2. The van der Waals surface area contributed by atoms with E-state index in [1.165, 1.54) is 30.6 Å². The number of benzene rings is 1. The molecule has 6 heteroatoms. The molecule has 0 atom stereocenters. The lowest BCUT2D eigenvalue weighted by Crippen LogP contribution is -2.31. The number of rotatable bonds is 6. The summed E-state index contributed by atoms with van der Waals surface area (Å²) in [6.07, 6.45) is 2.87. The van der Waals surface area contributed by atoms with Crippen LogP contribution in [0.2, 0.25) is 0 Å². The summed E-state index contributed by atoms with van der Waals surface area (Å²) in [5, 5.41) is 2.73. The highest BCUT2D eigenvalue weighted by atomic mass is 19.1. The van der Waals surface area contributed by atoms with E-state index in [0.717, 1.165) is 5.56 Å². The molecule has 0 unspecified atom stereocenters. The molecule has 0 aliphatic heterocycles. The second kappa shape index (κ2) is 8.19. The van der Waals surface area contributed by atoms with E-state index < -0.39 is 0 Å². The Kier molecular flexibility index (Phi) is 6.01. The van der Waals surface area contributed by atoms with Crippen LogP contribution in [-0.2, 0) is 6.54 Å². The molecule has 0 aliphatic carbocycles. The molecule has 2 amide bonds. The fourth-order valence-corrected chi connectivity index (χ4v) is 2.26. The Morgan fingerprint density at radius 2 is 1.71 bits per heavy atom. The zero-order valence-corrected chi connectivity index (χ0v) is 13.8. The molecule has 0 spiro atoms. The summed E-state index contributed by atoms with van der Waals surface area (Å²) in [4.78, 5) is 30.2. The van der Waals surface area contributed by atoms with Crippen molar-refractivity contribution in [3.8, 4) is 0 Å². The van der Waals surface area contributed by atoms with Gasteiger partial charge in [0, 0.05) is 32.0 Å². The number of carbonyl (C=O) groups excluding carboxylic acids is 2. The van der Waals surface area contributed by atoms with Crippen molar-refractivity contribution in [3.63, 3.8) is 0 Å². The number of hydrogen-bond acceptors (Lipinski definition) is 3. The quantitative estimate of drug-likeness (QED) is 0.886.